The standard InChI is InChI=1S/C8H14O/c1-4-5-6-8(9)7(2)3/h4,8-9H,1-2,5-6H2,3H3/t8-/m1/s1. The van der Waals surface area contributed by atoms with Gasteiger partial charge in [0.15, 0.2) is 0 Å². The maximum atomic E-state index is 9.11. The molecule has 0 amide bonds. The van der Waals surface area contributed by atoms with Crippen molar-refractivity contribution in [2.24, 2.45) is 0 Å². The first kappa shape index (κ1) is 8.44. The first-order valence-corrected chi connectivity index (χ1v) is 3.13. The van der Waals surface area contributed by atoms with E-state index in [1.165, 1.54) is 0 Å². The van der Waals surface area contributed by atoms with Crippen molar-refractivity contribution in [3.05, 3.63) is 24.8 Å². The highest BCUT2D eigenvalue weighted by molar-refractivity contribution is 4.96. The molecule has 0 aliphatic rings. The molecule has 1 nitrogen and oxygen atoms in total. The average molecular weight is 126 g/mol. The smallest absolute Gasteiger partial charge is 0.0747 e. The zero-order valence-electron chi connectivity index (χ0n) is 5.93. The van der Waals surface area contributed by atoms with Crippen molar-refractivity contribution in [3.8, 4) is 0 Å². The summed E-state index contributed by atoms with van der Waals surface area (Å²) < 4.78 is 0. The summed E-state index contributed by atoms with van der Waals surface area (Å²) in [5.74, 6) is 0. The number of aliphatic hydroxyl groups excluding tert-OH is 1. The summed E-state index contributed by atoms with van der Waals surface area (Å²) in [6.45, 7) is 9.00. The van der Waals surface area contributed by atoms with Gasteiger partial charge in [-0.15, -0.1) is 6.58 Å². The van der Waals surface area contributed by atoms with Crippen LogP contribution in [0.4, 0.5) is 0 Å². The third kappa shape index (κ3) is 3.98. The predicted molar refractivity (Wildman–Crippen MR) is 40.3 cm³/mol. The van der Waals surface area contributed by atoms with E-state index in [2.05, 4.69) is 13.2 Å². The average Bonchev–Trinajstić information content (AvgIpc) is 1.82. The quantitative estimate of drug-likeness (QED) is 0.570. The maximum Gasteiger partial charge on any atom is 0.0747 e. The maximum absolute atomic E-state index is 9.11. The lowest BCUT2D eigenvalue weighted by molar-refractivity contribution is 0.202. The molecule has 0 rings (SSSR count). The van der Waals surface area contributed by atoms with Crippen LogP contribution in [-0.2, 0) is 0 Å². The lowest BCUT2D eigenvalue weighted by Gasteiger charge is -2.06. The van der Waals surface area contributed by atoms with Gasteiger partial charge in [-0.2, -0.15) is 0 Å². The normalized spacial score (nSPS) is 12.7. The molecule has 1 N–H and O–H groups in total. The second kappa shape index (κ2) is 4.33. The molecule has 0 aromatic heterocycles. The van der Waals surface area contributed by atoms with Crippen molar-refractivity contribution in [1.82, 2.24) is 0 Å². The summed E-state index contributed by atoms with van der Waals surface area (Å²) in [6.07, 6.45) is 3.06. The first-order chi connectivity index (χ1) is 4.18. The molecule has 0 spiro atoms. The molecule has 1 atom stereocenters. The van der Waals surface area contributed by atoms with E-state index in [-0.39, 0.29) is 6.10 Å². The van der Waals surface area contributed by atoms with Crippen molar-refractivity contribution in [2.75, 3.05) is 0 Å². The van der Waals surface area contributed by atoms with E-state index >= 15 is 0 Å². The summed E-state index contributed by atoms with van der Waals surface area (Å²) in [6, 6.07) is 0. The van der Waals surface area contributed by atoms with Crippen molar-refractivity contribution in [3.63, 3.8) is 0 Å². The van der Waals surface area contributed by atoms with Crippen molar-refractivity contribution < 1.29 is 5.11 Å². The van der Waals surface area contributed by atoms with Gasteiger partial charge >= 0.3 is 0 Å². The Hall–Kier alpha value is -0.560. The van der Waals surface area contributed by atoms with Gasteiger partial charge in [0.2, 0.25) is 0 Å². The molecule has 0 aromatic carbocycles. The van der Waals surface area contributed by atoms with E-state index in [1.54, 1.807) is 6.08 Å². The Labute approximate surface area is 56.7 Å². The van der Waals surface area contributed by atoms with E-state index in [0.29, 0.717) is 0 Å². The minimum atomic E-state index is -0.344. The van der Waals surface area contributed by atoms with E-state index in [9.17, 15) is 0 Å². The fourth-order valence-corrected chi connectivity index (χ4v) is 0.522. The number of aliphatic hydroxyl groups is 1. The van der Waals surface area contributed by atoms with E-state index in [0.717, 1.165) is 18.4 Å². The Balaban J connectivity index is 3.37. The molecular formula is C8H14O. The highest BCUT2D eigenvalue weighted by atomic mass is 16.3. The number of hydrogen-bond acceptors (Lipinski definition) is 1. The highest BCUT2D eigenvalue weighted by Crippen LogP contribution is 2.04. The lowest BCUT2D eigenvalue weighted by Crippen LogP contribution is -2.05. The van der Waals surface area contributed by atoms with Crippen molar-refractivity contribution >= 4 is 0 Å². The van der Waals surface area contributed by atoms with E-state index in [4.69, 9.17) is 5.11 Å². The Morgan fingerprint density at radius 1 is 1.78 bits per heavy atom. The Morgan fingerprint density at radius 2 is 2.33 bits per heavy atom. The molecule has 0 saturated heterocycles. The van der Waals surface area contributed by atoms with Crippen molar-refractivity contribution in [1.29, 1.82) is 0 Å². The molecule has 0 heterocycles. The summed E-state index contributed by atoms with van der Waals surface area (Å²) in [5.41, 5.74) is 0.830. The Bertz CT molecular complexity index is 105. The number of hydrogen-bond donors (Lipinski definition) is 1. The van der Waals surface area contributed by atoms with Crippen LogP contribution in [0.5, 0.6) is 0 Å². The molecule has 1 heteroatoms. The molecule has 0 fully saturated rings. The molecule has 0 aliphatic heterocycles. The van der Waals surface area contributed by atoms with E-state index < -0.39 is 0 Å². The van der Waals surface area contributed by atoms with Gasteiger partial charge in [0.1, 0.15) is 0 Å². The molecule has 0 unspecified atom stereocenters. The van der Waals surface area contributed by atoms with Gasteiger partial charge in [0.05, 0.1) is 6.10 Å². The molecule has 0 saturated carbocycles. The van der Waals surface area contributed by atoms with Gasteiger partial charge in [-0.05, 0) is 19.8 Å². The van der Waals surface area contributed by atoms with Crippen LogP contribution in [0.1, 0.15) is 19.8 Å². The second-order valence-electron chi connectivity index (χ2n) is 2.23. The van der Waals surface area contributed by atoms with Crippen molar-refractivity contribution in [2.45, 2.75) is 25.9 Å². The van der Waals surface area contributed by atoms with Gasteiger partial charge in [-0.3, -0.25) is 0 Å². The topological polar surface area (TPSA) is 20.2 Å². The summed E-state index contributed by atoms with van der Waals surface area (Å²) >= 11 is 0. The summed E-state index contributed by atoms with van der Waals surface area (Å²) in [5, 5.41) is 9.11. The molecular weight excluding hydrogens is 112 g/mol. The van der Waals surface area contributed by atoms with Crippen LogP contribution in [0.15, 0.2) is 24.8 Å². The summed E-state index contributed by atoms with van der Waals surface area (Å²) in [4.78, 5) is 0. The van der Waals surface area contributed by atoms with E-state index in [1.807, 2.05) is 6.92 Å². The molecule has 0 aliphatic carbocycles. The van der Waals surface area contributed by atoms with Crippen LogP contribution in [-0.4, -0.2) is 11.2 Å². The van der Waals surface area contributed by atoms with Gasteiger partial charge in [-0.1, -0.05) is 18.2 Å². The zero-order valence-corrected chi connectivity index (χ0v) is 5.93. The van der Waals surface area contributed by atoms with Gasteiger partial charge in [0, 0.05) is 0 Å². The van der Waals surface area contributed by atoms with Crippen LogP contribution in [0.25, 0.3) is 0 Å². The third-order valence-corrected chi connectivity index (χ3v) is 1.21. The lowest BCUT2D eigenvalue weighted by atomic mass is 10.1. The highest BCUT2D eigenvalue weighted by Gasteiger charge is 2.00. The zero-order chi connectivity index (χ0) is 7.28. The molecule has 0 aromatic rings. The Kier molecular flexibility index (Phi) is 4.06. The number of allylic oxidation sites excluding steroid dienone is 1. The molecule has 52 valence electrons. The largest absolute Gasteiger partial charge is 0.389 e. The second-order valence-corrected chi connectivity index (χ2v) is 2.23. The fourth-order valence-electron chi connectivity index (χ4n) is 0.522. The Morgan fingerprint density at radius 3 is 2.67 bits per heavy atom. The minimum Gasteiger partial charge on any atom is -0.389 e. The SMILES string of the molecule is C=CCC[C@@H](O)C(=C)C. The minimum absolute atomic E-state index is 0.344. The molecule has 9 heavy (non-hydrogen) atoms. The van der Waals surface area contributed by atoms with Crippen LogP contribution in [0.3, 0.4) is 0 Å². The monoisotopic (exact) mass is 126 g/mol. The van der Waals surface area contributed by atoms with Gasteiger partial charge < -0.3 is 5.11 Å². The first-order valence-electron chi connectivity index (χ1n) is 3.13. The van der Waals surface area contributed by atoms with Crippen LogP contribution in [0.2, 0.25) is 0 Å². The third-order valence-electron chi connectivity index (χ3n) is 1.21. The van der Waals surface area contributed by atoms with Crippen LogP contribution < -0.4 is 0 Å². The molecule has 0 radical (unpaired) electrons. The van der Waals surface area contributed by atoms with Crippen LogP contribution >= 0.6 is 0 Å². The predicted octanol–water partition coefficient (Wildman–Crippen LogP) is 1.89. The fraction of sp³-hybridized carbons (Fsp3) is 0.500. The summed E-state index contributed by atoms with van der Waals surface area (Å²) in [7, 11) is 0. The van der Waals surface area contributed by atoms with Gasteiger partial charge in [0.25, 0.3) is 0 Å². The van der Waals surface area contributed by atoms with Gasteiger partial charge in [-0.25, -0.2) is 0 Å². The number of rotatable bonds is 4. The van der Waals surface area contributed by atoms with Crippen LogP contribution in [0, 0.1) is 0 Å². The molecule has 0 bridgehead atoms.